The molecule has 1 fully saturated rings. The summed E-state index contributed by atoms with van der Waals surface area (Å²) in [5, 5.41) is 20.9. The van der Waals surface area contributed by atoms with Gasteiger partial charge in [-0.2, -0.15) is 0 Å². The Morgan fingerprint density at radius 1 is 1.14 bits per heavy atom. The lowest BCUT2D eigenvalue weighted by Crippen LogP contribution is -2.48. The summed E-state index contributed by atoms with van der Waals surface area (Å²) in [4.78, 5) is 16.3. The fourth-order valence-electron chi connectivity index (χ4n) is 2.94. The van der Waals surface area contributed by atoms with E-state index in [9.17, 15) is 9.18 Å². The molecule has 11 heteroatoms. The van der Waals surface area contributed by atoms with E-state index in [-0.39, 0.29) is 11.7 Å². The molecule has 4 rings (SSSR count). The van der Waals surface area contributed by atoms with Crippen molar-refractivity contribution in [1.29, 1.82) is 0 Å². The number of hydrogen-bond acceptors (Lipinski definition) is 9. The Morgan fingerprint density at radius 3 is 2.71 bits per heavy atom. The topological polar surface area (TPSA) is 87.1 Å². The first-order valence-electron chi connectivity index (χ1n) is 8.76. The normalized spacial score (nSPS) is 15.0. The third kappa shape index (κ3) is 4.66. The number of anilines is 2. The zero-order chi connectivity index (χ0) is 19.3. The minimum atomic E-state index is -0.223. The molecule has 1 aliphatic heterocycles. The molecule has 0 radical (unpaired) electrons. The predicted molar refractivity (Wildman–Crippen MR) is 106 cm³/mol. The second-order valence-electron chi connectivity index (χ2n) is 6.30. The van der Waals surface area contributed by atoms with E-state index in [1.165, 1.54) is 28.7 Å². The SMILES string of the molecule is O=C(CN1CCN(c2nnc(Cc3ccccc3F)s2)CC1)Nc1nncs1. The number of benzene rings is 1. The lowest BCUT2D eigenvalue weighted by molar-refractivity contribution is -0.117. The first-order valence-corrected chi connectivity index (χ1v) is 10.5. The highest BCUT2D eigenvalue weighted by atomic mass is 32.1. The van der Waals surface area contributed by atoms with E-state index < -0.39 is 0 Å². The van der Waals surface area contributed by atoms with Gasteiger partial charge in [0.05, 0.1) is 6.54 Å². The minimum Gasteiger partial charge on any atom is -0.344 e. The van der Waals surface area contributed by atoms with E-state index in [2.05, 4.69) is 35.5 Å². The van der Waals surface area contributed by atoms with E-state index in [0.717, 1.165) is 36.3 Å². The quantitative estimate of drug-likeness (QED) is 0.653. The van der Waals surface area contributed by atoms with Gasteiger partial charge in [-0.05, 0) is 11.6 Å². The van der Waals surface area contributed by atoms with Gasteiger partial charge in [0.25, 0.3) is 0 Å². The average molecular weight is 420 g/mol. The monoisotopic (exact) mass is 419 g/mol. The maximum atomic E-state index is 13.8. The smallest absolute Gasteiger partial charge is 0.240 e. The van der Waals surface area contributed by atoms with Crippen molar-refractivity contribution >= 4 is 38.8 Å². The van der Waals surface area contributed by atoms with Gasteiger partial charge in [0.15, 0.2) is 0 Å². The molecule has 0 unspecified atom stereocenters. The van der Waals surface area contributed by atoms with Gasteiger partial charge >= 0.3 is 0 Å². The van der Waals surface area contributed by atoms with Gasteiger partial charge in [0.1, 0.15) is 16.3 Å². The highest BCUT2D eigenvalue weighted by Crippen LogP contribution is 2.24. The molecule has 28 heavy (non-hydrogen) atoms. The van der Waals surface area contributed by atoms with Crippen LogP contribution >= 0.6 is 22.7 Å². The van der Waals surface area contributed by atoms with Gasteiger partial charge < -0.3 is 4.90 Å². The first kappa shape index (κ1) is 18.8. The van der Waals surface area contributed by atoms with Crippen molar-refractivity contribution in [2.24, 2.45) is 0 Å². The molecule has 0 saturated carbocycles. The van der Waals surface area contributed by atoms with Gasteiger partial charge in [-0.3, -0.25) is 15.0 Å². The van der Waals surface area contributed by atoms with Gasteiger partial charge in [0.2, 0.25) is 16.2 Å². The number of rotatable bonds is 6. The van der Waals surface area contributed by atoms with Gasteiger partial charge in [-0.25, -0.2) is 4.39 Å². The molecule has 8 nitrogen and oxygen atoms in total. The van der Waals surface area contributed by atoms with E-state index in [0.29, 0.717) is 23.7 Å². The standard InChI is InChI=1S/C17H18FN7OS2/c18-13-4-2-1-3-12(13)9-15-21-23-17(28-15)25-7-5-24(6-8-25)10-14(26)20-16-22-19-11-27-16/h1-4,11H,5-10H2,(H,20,22,26). The molecule has 0 atom stereocenters. The molecule has 3 aromatic rings. The summed E-state index contributed by atoms with van der Waals surface area (Å²) in [7, 11) is 0. The molecule has 1 aromatic carbocycles. The Labute approximate surface area is 169 Å². The van der Waals surface area contributed by atoms with Crippen molar-refractivity contribution in [3.8, 4) is 0 Å². The van der Waals surface area contributed by atoms with Crippen LogP contribution in [0.15, 0.2) is 29.8 Å². The summed E-state index contributed by atoms with van der Waals surface area (Å²) < 4.78 is 13.8. The van der Waals surface area contributed by atoms with E-state index in [1.54, 1.807) is 17.6 Å². The molecule has 1 aliphatic rings. The number of carbonyl (C=O) groups is 1. The number of nitrogens with one attached hydrogen (secondary N) is 1. The highest BCUT2D eigenvalue weighted by Gasteiger charge is 2.22. The van der Waals surface area contributed by atoms with Crippen LogP contribution in [0.4, 0.5) is 14.7 Å². The molecule has 0 spiro atoms. The van der Waals surface area contributed by atoms with Gasteiger partial charge in [-0.15, -0.1) is 20.4 Å². The zero-order valence-corrected chi connectivity index (χ0v) is 16.5. The Kier molecular flexibility index (Phi) is 5.84. The van der Waals surface area contributed by atoms with Crippen molar-refractivity contribution in [2.75, 3.05) is 42.9 Å². The van der Waals surface area contributed by atoms with Crippen LogP contribution in [0.25, 0.3) is 0 Å². The van der Waals surface area contributed by atoms with Crippen LogP contribution in [0, 0.1) is 5.82 Å². The Balaban J connectivity index is 1.28. The molecule has 1 amide bonds. The zero-order valence-electron chi connectivity index (χ0n) is 14.9. The third-order valence-electron chi connectivity index (χ3n) is 4.37. The summed E-state index contributed by atoms with van der Waals surface area (Å²) >= 11 is 2.78. The van der Waals surface area contributed by atoms with Crippen LogP contribution in [0.3, 0.4) is 0 Å². The molecule has 1 saturated heterocycles. The molecule has 2 aromatic heterocycles. The number of amides is 1. The van der Waals surface area contributed by atoms with Crippen molar-refractivity contribution in [3.63, 3.8) is 0 Å². The fourth-order valence-corrected chi connectivity index (χ4v) is 4.31. The number of piperazine rings is 1. The molecular weight excluding hydrogens is 401 g/mol. The third-order valence-corrected chi connectivity index (χ3v) is 5.96. The lowest BCUT2D eigenvalue weighted by Gasteiger charge is -2.33. The highest BCUT2D eigenvalue weighted by molar-refractivity contribution is 7.15. The summed E-state index contributed by atoms with van der Waals surface area (Å²) in [6.07, 6.45) is 0.441. The lowest BCUT2D eigenvalue weighted by atomic mass is 10.1. The summed E-state index contributed by atoms with van der Waals surface area (Å²) in [5.41, 5.74) is 2.20. The molecule has 1 N–H and O–H groups in total. The molecule has 0 aliphatic carbocycles. The second-order valence-corrected chi connectivity index (χ2v) is 8.18. The van der Waals surface area contributed by atoms with Crippen molar-refractivity contribution in [2.45, 2.75) is 6.42 Å². The summed E-state index contributed by atoms with van der Waals surface area (Å²) in [6, 6.07) is 6.72. The maximum absolute atomic E-state index is 13.8. The van der Waals surface area contributed by atoms with Gasteiger partial charge in [-0.1, -0.05) is 40.9 Å². The van der Waals surface area contributed by atoms with Crippen LogP contribution in [0.5, 0.6) is 0 Å². The number of carbonyl (C=O) groups excluding carboxylic acids is 1. The number of nitrogens with zero attached hydrogens (tertiary/aromatic N) is 6. The van der Waals surface area contributed by atoms with E-state index in [4.69, 9.17) is 0 Å². The molecular formula is C17H18FN7OS2. The van der Waals surface area contributed by atoms with Crippen molar-refractivity contribution in [3.05, 3.63) is 46.2 Å². The van der Waals surface area contributed by atoms with Crippen LogP contribution in [-0.2, 0) is 11.2 Å². The van der Waals surface area contributed by atoms with Crippen LogP contribution < -0.4 is 10.2 Å². The van der Waals surface area contributed by atoms with Crippen molar-refractivity contribution < 1.29 is 9.18 Å². The number of hydrogen-bond donors (Lipinski definition) is 1. The summed E-state index contributed by atoms with van der Waals surface area (Å²) in [5.74, 6) is -0.312. The van der Waals surface area contributed by atoms with Gasteiger partial charge in [0, 0.05) is 32.6 Å². The Bertz CT molecular complexity index is 925. The predicted octanol–water partition coefficient (Wildman–Crippen LogP) is 1.88. The van der Waals surface area contributed by atoms with E-state index >= 15 is 0 Å². The number of halogens is 1. The Hall–Kier alpha value is -2.50. The maximum Gasteiger partial charge on any atom is 0.240 e. The van der Waals surface area contributed by atoms with Crippen LogP contribution in [0.2, 0.25) is 0 Å². The summed E-state index contributed by atoms with van der Waals surface area (Å²) in [6.45, 7) is 3.36. The fraction of sp³-hybridized carbons (Fsp3) is 0.353. The molecule has 0 bridgehead atoms. The molecule has 3 heterocycles. The van der Waals surface area contributed by atoms with Crippen LogP contribution in [-0.4, -0.2) is 63.9 Å². The second kappa shape index (κ2) is 8.67. The van der Waals surface area contributed by atoms with Crippen molar-refractivity contribution in [1.82, 2.24) is 25.3 Å². The largest absolute Gasteiger partial charge is 0.344 e. The Morgan fingerprint density at radius 2 is 1.96 bits per heavy atom. The molecule has 146 valence electrons. The van der Waals surface area contributed by atoms with Crippen LogP contribution in [0.1, 0.15) is 10.6 Å². The first-order chi connectivity index (χ1) is 13.7. The minimum absolute atomic E-state index is 0.0895. The van der Waals surface area contributed by atoms with E-state index in [1.807, 2.05) is 6.07 Å². The average Bonchev–Trinajstić information content (AvgIpc) is 3.36. The number of aromatic nitrogens is 4.